The average Bonchev–Trinajstić information content (AvgIpc) is 2.80. The molecule has 0 radical (unpaired) electrons. The van der Waals surface area contributed by atoms with Crippen LogP contribution in [-0.4, -0.2) is 69.8 Å². The lowest BCUT2D eigenvalue weighted by molar-refractivity contribution is 0.102. The summed E-state index contributed by atoms with van der Waals surface area (Å²) in [7, 11) is -1.36. The quantitative estimate of drug-likeness (QED) is 0.724. The summed E-state index contributed by atoms with van der Waals surface area (Å²) in [4.78, 5) is 17.1. The zero-order valence-electron chi connectivity index (χ0n) is 18.7. The maximum atomic E-state index is 12.7. The van der Waals surface area contributed by atoms with E-state index in [0.29, 0.717) is 24.2 Å². The van der Waals surface area contributed by atoms with Crippen molar-refractivity contribution < 1.29 is 13.2 Å². The monoisotopic (exact) mass is 456 g/mol. The molecule has 0 spiro atoms. The van der Waals surface area contributed by atoms with Crippen molar-refractivity contribution in [3.05, 3.63) is 59.7 Å². The molecule has 2 heterocycles. The van der Waals surface area contributed by atoms with Crippen LogP contribution in [0.1, 0.15) is 35.2 Å². The van der Waals surface area contributed by atoms with Crippen LogP contribution >= 0.6 is 0 Å². The summed E-state index contributed by atoms with van der Waals surface area (Å²) in [6.07, 6.45) is 3.75. The molecule has 172 valence electrons. The second kappa shape index (κ2) is 10.0. The molecule has 2 fully saturated rings. The van der Waals surface area contributed by atoms with Crippen molar-refractivity contribution in [1.82, 2.24) is 9.21 Å². The van der Waals surface area contributed by atoms with Crippen molar-refractivity contribution in [2.45, 2.75) is 25.0 Å². The van der Waals surface area contributed by atoms with Crippen LogP contribution in [0.3, 0.4) is 0 Å². The molecule has 2 aromatic carbocycles. The van der Waals surface area contributed by atoms with Gasteiger partial charge in [-0.15, -0.1) is 0 Å². The van der Waals surface area contributed by atoms with Gasteiger partial charge in [0.2, 0.25) is 10.0 Å². The summed E-state index contributed by atoms with van der Waals surface area (Å²) in [5.74, 6) is -0.250. The summed E-state index contributed by atoms with van der Waals surface area (Å²) in [6, 6.07) is 14.8. The van der Waals surface area contributed by atoms with Crippen LogP contribution in [0, 0.1) is 0 Å². The van der Waals surface area contributed by atoms with E-state index in [1.165, 1.54) is 24.9 Å². The van der Waals surface area contributed by atoms with Crippen LogP contribution in [0.15, 0.2) is 48.5 Å². The largest absolute Gasteiger partial charge is 0.372 e. The summed E-state index contributed by atoms with van der Waals surface area (Å²) in [5.41, 5.74) is 3.13. The number of piperidine rings is 1. The molecule has 4 rings (SSSR count). The van der Waals surface area contributed by atoms with Crippen molar-refractivity contribution in [3.8, 4) is 0 Å². The molecule has 2 saturated heterocycles. The third-order valence-electron chi connectivity index (χ3n) is 6.27. The Hall–Kier alpha value is -2.42. The van der Waals surface area contributed by atoms with Crippen LogP contribution in [0.2, 0.25) is 0 Å². The number of nitrogens with zero attached hydrogens (tertiary/aromatic N) is 3. The Morgan fingerprint density at radius 2 is 1.47 bits per heavy atom. The molecule has 0 saturated carbocycles. The maximum Gasteiger partial charge on any atom is 0.255 e. The van der Waals surface area contributed by atoms with Gasteiger partial charge in [0.05, 0.1) is 5.75 Å². The van der Waals surface area contributed by atoms with Gasteiger partial charge in [-0.05, 0) is 68.3 Å². The summed E-state index contributed by atoms with van der Waals surface area (Å²) >= 11 is 0. The highest BCUT2D eigenvalue weighted by molar-refractivity contribution is 7.88. The van der Waals surface area contributed by atoms with Gasteiger partial charge in [-0.25, -0.2) is 8.42 Å². The second-order valence-electron chi connectivity index (χ2n) is 8.70. The lowest BCUT2D eigenvalue weighted by Crippen LogP contribution is -2.47. The van der Waals surface area contributed by atoms with Crippen LogP contribution in [0.25, 0.3) is 0 Å². The Balaban J connectivity index is 1.34. The molecule has 0 atom stereocenters. The number of likely N-dealkylation sites (N-methyl/N-ethyl adjacent to an activating group) is 1. The minimum Gasteiger partial charge on any atom is -0.372 e. The van der Waals surface area contributed by atoms with E-state index >= 15 is 0 Å². The number of hydrogen-bond acceptors (Lipinski definition) is 5. The fourth-order valence-electron chi connectivity index (χ4n) is 4.23. The maximum absolute atomic E-state index is 12.7. The molecule has 2 aliphatic rings. The first kappa shape index (κ1) is 22.8. The predicted octanol–water partition coefficient (Wildman–Crippen LogP) is 3.01. The molecular formula is C24H32N4O3S. The Kier molecular flexibility index (Phi) is 7.13. The number of anilines is 2. The van der Waals surface area contributed by atoms with E-state index in [1.54, 1.807) is 28.6 Å². The number of rotatable bonds is 6. The van der Waals surface area contributed by atoms with Gasteiger partial charge in [0.25, 0.3) is 5.91 Å². The summed E-state index contributed by atoms with van der Waals surface area (Å²) in [5, 5.41) is 2.92. The number of nitrogens with one attached hydrogen (secondary N) is 1. The molecule has 0 aliphatic carbocycles. The first-order valence-electron chi connectivity index (χ1n) is 11.3. The smallest absolute Gasteiger partial charge is 0.255 e. The molecule has 1 N–H and O–H groups in total. The fraction of sp³-hybridized carbons (Fsp3) is 0.458. The van der Waals surface area contributed by atoms with Crippen LogP contribution in [0.5, 0.6) is 0 Å². The van der Waals surface area contributed by atoms with Gasteiger partial charge in [-0.1, -0.05) is 12.1 Å². The third-order valence-corrected chi connectivity index (χ3v) is 8.12. The first-order chi connectivity index (χ1) is 15.4. The van der Waals surface area contributed by atoms with Crippen molar-refractivity contribution >= 4 is 27.3 Å². The van der Waals surface area contributed by atoms with Gasteiger partial charge in [0.1, 0.15) is 0 Å². The van der Waals surface area contributed by atoms with E-state index in [0.717, 1.165) is 31.9 Å². The normalized spacial score (nSPS) is 18.5. The number of piperazine rings is 1. The van der Waals surface area contributed by atoms with Crippen LogP contribution in [-0.2, 0) is 15.8 Å². The van der Waals surface area contributed by atoms with E-state index in [9.17, 15) is 13.2 Å². The zero-order chi connectivity index (χ0) is 22.6. The fourth-order valence-corrected chi connectivity index (χ4v) is 5.75. The third kappa shape index (κ3) is 5.68. The molecule has 8 heteroatoms. The number of carbonyl (C=O) groups is 1. The highest BCUT2D eigenvalue weighted by Crippen LogP contribution is 2.22. The minimum atomic E-state index is -3.35. The lowest BCUT2D eigenvalue weighted by Gasteiger charge is -2.31. The molecule has 7 nitrogen and oxygen atoms in total. The second-order valence-corrected chi connectivity index (χ2v) is 10.7. The Morgan fingerprint density at radius 1 is 0.844 bits per heavy atom. The highest BCUT2D eigenvalue weighted by Gasteiger charge is 2.25. The van der Waals surface area contributed by atoms with Gasteiger partial charge in [-0.2, -0.15) is 4.31 Å². The predicted molar refractivity (Wildman–Crippen MR) is 129 cm³/mol. The van der Waals surface area contributed by atoms with Crippen LogP contribution < -0.4 is 10.2 Å². The lowest BCUT2D eigenvalue weighted by atomic mass is 10.1. The number of hydrogen-bond donors (Lipinski definition) is 1. The number of sulfonamides is 1. The standard InChI is InChI=1S/C24H32N4O3S/c1-26-15-17-28(18-16-26)32(30,31)19-20-5-7-21(8-6-20)24(29)25-22-9-11-23(12-10-22)27-13-3-2-4-14-27/h5-12H,2-4,13-19H2,1H3,(H,25,29). The van der Waals surface area contributed by atoms with E-state index in [4.69, 9.17) is 0 Å². The molecule has 1 amide bonds. The van der Waals surface area contributed by atoms with E-state index in [-0.39, 0.29) is 11.7 Å². The van der Waals surface area contributed by atoms with Crippen LogP contribution in [0.4, 0.5) is 11.4 Å². The Morgan fingerprint density at radius 3 is 2.09 bits per heavy atom. The molecule has 2 aliphatic heterocycles. The molecule has 0 unspecified atom stereocenters. The van der Waals surface area contributed by atoms with Gasteiger partial charge in [0.15, 0.2) is 0 Å². The topological polar surface area (TPSA) is 73.0 Å². The van der Waals surface area contributed by atoms with E-state index < -0.39 is 10.0 Å². The average molecular weight is 457 g/mol. The van der Waals surface area contributed by atoms with Crippen molar-refractivity contribution in [3.63, 3.8) is 0 Å². The SMILES string of the molecule is CN1CCN(S(=O)(=O)Cc2ccc(C(=O)Nc3ccc(N4CCCCC4)cc3)cc2)CC1. The number of benzene rings is 2. The van der Waals surface area contributed by atoms with Gasteiger partial charge < -0.3 is 15.1 Å². The zero-order valence-corrected chi connectivity index (χ0v) is 19.5. The first-order valence-corrected chi connectivity index (χ1v) is 12.9. The highest BCUT2D eigenvalue weighted by atomic mass is 32.2. The van der Waals surface area contributed by atoms with Gasteiger partial charge in [-0.3, -0.25) is 4.79 Å². The molecule has 0 bridgehead atoms. The molecule has 32 heavy (non-hydrogen) atoms. The Bertz CT molecular complexity index is 1010. The number of amides is 1. The summed E-state index contributed by atoms with van der Waals surface area (Å²) in [6.45, 7) is 4.71. The van der Waals surface area contributed by atoms with Crippen molar-refractivity contribution in [2.75, 3.05) is 56.5 Å². The molecule has 0 aromatic heterocycles. The van der Waals surface area contributed by atoms with Gasteiger partial charge in [0, 0.05) is 56.2 Å². The molecular weight excluding hydrogens is 424 g/mol. The van der Waals surface area contributed by atoms with E-state index in [1.807, 2.05) is 31.3 Å². The van der Waals surface area contributed by atoms with E-state index in [2.05, 4.69) is 15.1 Å². The summed E-state index contributed by atoms with van der Waals surface area (Å²) < 4.78 is 26.9. The minimum absolute atomic E-state index is 0.0451. The van der Waals surface area contributed by atoms with Crippen molar-refractivity contribution in [2.24, 2.45) is 0 Å². The Labute approximate surface area is 191 Å². The number of carbonyl (C=O) groups excluding carboxylic acids is 1. The van der Waals surface area contributed by atoms with Crippen molar-refractivity contribution in [1.29, 1.82) is 0 Å². The molecule has 2 aromatic rings. The van der Waals surface area contributed by atoms with Gasteiger partial charge >= 0.3 is 0 Å².